The molecule has 0 spiro atoms. The first-order valence-electron chi connectivity index (χ1n) is 10.5. The molecule has 2 heterocycles. The van der Waals surface area contributed by atoms with Crippen LogP contribution in [0.25, 0.3) is 10.2 Å². The molecule has 1 aliphatic heterocycles. The van der Waals surface area contributed by atoms with E-state index in [4.69, 9.17) is 9.47 Å². The van der Waals surface area contributed by atoms with Crippen molar-refractivity contribution in [3.05, 3.63) is 88.5 Å². The highest BCUT2D eigenvalue weighted by atomic mass is 32.1. The molecule has 7 heteroatoms. The molecule has 0 N–H and O–H groups in total. The third kappa shape index (κ3) is 3.74. The summed E-state index contributed by atoms with van der Waals surface area (Å²) in [7, 11) is 0. The quantitative estimate of drug-likeness (QED) is 0.392. The van der Waals surface area contributed by atoms with Gasteiger partial charge in [-0.1, -0.05) is 47.7 Å². The Kier molecular flexibility index (Phi) is 5.59. The zero-order chi connectivity index (χ0) is 22.1. The molecule has 0 bridgehead atoms. The van der Waals surface area contributed by atoms with Crippen molar-refractivity contribution in [2.45, 2.75) is 19.4 Å². The van der Waals surface area contributed by atoms with E-state index in [1.165, 1.54) is 23.5 Å². The van der Waals surface area contributed by atoms with E-state index in [1.807, 2.05) is 60.0 Å². The third-order valence-corrected chi connectivity index (χ3v) is 6.48. The predicted octanol–water partition coefficient (Wildman–Crippen LogP) is 5.24. The van der Waals surface area contributed by atoms with Gasteiger partial charge in [0.05, 0.1) is 22.7 Å². The van der Waals surface area contributed by atoms with E-state index in [9.17, 15) is 9.18 Å². The summed E-state index contributed by atoms with van der Waals surface area (Å²) in [5, 5.41) is 0. The van der Waals surface area contributed by atoms with Crippen LogP contribution in [0.2, 0.25) is 0 Å². The smallest absolute Gasteiger partial charge is 0.260 e. The van der Waals surface area contributed by atoms with Crippen LogP contribution in [-0.2, 0) is 16.1 Å². The number of thiazole rings is 1. The number of halogens is 1. The number of rotatable bonds is 5. The minimum absolute atomic E-state index is 0.287. The molecule has 0 aliphatic carbocycles. The van der Waals surface area contributed by atoms with Crippen molar-refractivity contribution >= 4 is 27.5 Å². The van der Waals surface area contributed by atoms with E-state index < -0.39 is 5.92 Å². The van der Waals surface area contributed by atoms with E-state index in [-0.39, 0.29) is 11.7 Å². The van der Waals surface area contributed by atoms with Gasteiger partial charge in [0.1, 0.15) is 17.3 Å². The zero-order valence-corrected chi connectivity index (χ0v) is 18.3. The van der Waals surface area contributed by atoms with Gasteiger partial charge in [0.2, 0.25) is 0 Å². The average molecular weight is 449 g/mol. The summed E-state index contributed by atoms with van der Waals surface area (Å²) in [4.78, 5) is 18.6. The van der Waals surface area contributed by atoms with Crippen LogP contribution in [0.4, 0.5) is 4.39 Å². The van der Waals surface area contributed by atoms with Crippen molar-refractivity contribution < 1.29 is 18.7 Å². The second-order valence-corrected chi connectivity index (χ2v) is 8.42. The Balaban J connectivity index is 1.63. The summed E-state index contributed by atoms with van der Waals surface area (Å²) in [6.07, 6.45) is 0. The number of carbonyl (C=O) groups is 1. The molecule has 0 fully saturated rings. The molecule has 1 aliphatic rings. The van der Waals surface area contributed by atoms with Crippen molar-refractivity contribution in [1.82, 2.24) is 4.57 Å². The Labute approximate surface area is 188 Å². The van der Waals surface area contributed by atoms with Crippen LogP contribution >= 0.6 is 11.3 Å². The van der Waals surface area contributed by atoms with E-state index in [0.717, 1.165) is 21.3 Å². The van der Waals surface area contributed by atoms with Crippen LogP contribution in [0, 0.1) is 5.82 Å². The lowest BCUT2D eigenvalue weighted by molar-refractivity contribution is -0.118. The van der Waals surface area contributed by atoms with Crippen molar-refractivity contribution in [3.63, 3.8) is 0 Å². The second-order valence-electron chi connectivity index (χ2n) is 7.41. The number of hydrogen-bond donors (Lipinski definition) is 0. The highest BCUT2D eigenvalue weighted by Crippen LogP contribution is 2.44. The molecule has 5 rings (SSSR count). The number of hydrogen-bond acceptors (Lipinski definition) is 4. The molecule has 162 valence electrons. The lowest BCUT2D eigenvalue weighted by atomic mass is 9.87. The molecule has 0 atom stereocenters. The van der Waals surface area contributed by atoms with Crippen molar-refractivity contribution in [2.75, 3.05) is 13.2 Å². The lowest BCUT2D eigenvalue weighted by Crippen LogP contribution is -2.23. The number of para-hydroxylation sites is 2. The van der Waals surface area contributed by atoms with Crippen molar-refractivity contribution in [1.29, 1.82) is 0 Å². The first kappa shape index (κ1) is 20.6. The Morgan fingerprint density at radius 1 is 1.09 bits per heavy atom. The molecular formula is C25H21FN2O3S. The van der Waals surface area contributed by atoms with Crippen molar-refractivity contribution in [3.8, 4) is 11.5 Å². The topological polar surface area (TPSA) is 52.8 Å². The van der Waals surface area contributed by atoms with Crippen LogP contribution in [0.15, 0.2) is 71.7 Å². The summed E-state index contributed by atoms with van der Waals surface area (Å²) in [6.45, 7) is 3.52. The predicted molar refractivity (Wildman–Crippen MR) is 122 cm³/mol. The molecule has 32 heavy (non-hydrogen) atoms. The molecule has 0 radical (unpaired) electrons. The van der Waals surface area contributed by atoms with Gasteiger partial charge in [-0.15, -0.1) is 0 Å². The first-order valence-corrected chi connectivity index (χ1v) is 11.3. The number of ether oxygens (including phenoxy) is 2. The van der Waals surface area contributed by atoms with Crippen LogP contribution in [0.5, 0.6) is 11.5 Å². The Morgan fingerprint density at radius 3 is 2.47 bits per heavy atom. The van der Waals surface area contributed by atoms with Gasteiger partial charge in [-0.05, 0) is 37.3 Å². The van der Waals surface area contributed by atoms with Crippen LogP contribution < -0.4 is 9.54 Å². The van der Waals surface area contributed by atoms with Gasteiger partial charge in [-0.3, -0.25) is 4.79 Å². The molecule has 4 aromatic rings. The molecule has 0 saturated heterocycles. The van der Waals surface area contributed by atoms with Crippen LogP contribution in [0.3, 0.4) is 0 Å². The standard InChI is InChI=1S/C25H21FN2O3S/c1-2-30-14-13-28-19-12-11-16(26)15-22(19)32-25(28)27-24(29)23-17-7-3-5-9-20(17)31-21-10-6-4-8-18(21)23/h3-12,15,23H,2,13-14H2,1H3. The summed E-state index contributed by atoms with van der Waals surface area (Å²) >= 11 is 1.30. The Morgan fingerprint density at radius 2 is 1.78 bits per heavy atom. The van der Waals surface area contributed by atoms with Crippen LogP contribution in [0.1, 0.15) is 24.0 Å². The molecular weight excluding hydrogens is 427 g/mol. The minimum Gasteiger partial charge on any atom is -0.457 e. The van der Waals surface area contributed by atoms with E-state index >= 15 is 0 Å². The average Bonchev–Trinajstić information content (AvgIpc) is 3.13. The van der Waals surface area contributed by atoms with Gasteiger partial charge in [0.25, 0.3) is 5.91 Å². The highest BCUT2D eigenvalue weighted by molar-refractivity contribution is 7.16. The normalized spacial score (nSPS) is 13.6. The zero-order valence-electron chi connectivity index (χ0n) is 17.5. The van der Waals surface area contributed by atoms with Gasteiger partial charge >= 0.3 is 0 Å². The molecule has 3 aromatic carbocycles. The van der Waals surface area contributed by atoms with Gasteiger partial charge in [-0.25, -0.2) is 4.39 Å². The molecule has 5 nitrogen and oxygen atoms in total. The van der Waals surface area contributed by atoms with Gasteiger partial charge in [0.15, 0.2) is 4.80 Å². The van der Waals surface area contributed by atoms with Gasteiger partial charge in [0, 0.05) is 24.3 Å². The summed E-state index contributed by atoms with van der Waals surface area (Å²) in [6, 6.07) is 19.7. The number of benzene rings is 3. The maximum absolute atomic E-state index is 13.8. The fourth-order valence-corrected chi connectivity index (χ4v) is 5.07. The SMILES string of the molecule is CCOCCn1c(=NC(=O)C2c3ccccc3Oc3ccccc32)sc2cc(F)ccc21. The maximum Gasteiger partial charge on any atom is 0.260 e. The number of amides is 1. The van der Waals surface area contributed by atoms with Gasteiger partial charge in [-0.2, -0.15) is 4.99 Å². The fourth-order valence-electron chi connectivity index (χ4n) is 3.98. The van der Waals surface area contributed by atoms with E-state index in [2.05, 4.69) is 4.99 Å². The fraction of sp³-hybridized carbons (Fsp3) is 0.200. The maximum atomic E-state index is 13.8. The summed E-state index contributed by atoms with van der Waals surface area (Å²) in [5.74, 6) is 0.134. The van der Waals surface area contributed by atoms with Crippen LogP contribution in [-0.4, -0.2) is 23.7 Å². The van der Waals surface area contributed by atoms with E-state index in [1.54, 1.807) is 6.07 Å². The highest BCUT2D eigenvalue weighted by Gasteiger charge is 2.32. The molecule has 0 saturated carbocycles. The third-order valence-electron chi connectivity index (χ3n) is 5.44. The summed E-state index contributed by atoms with van der Waals surface area (Å²) in [5.41, 5.74) is 2.40. The molecule has 0 unspecified atom stereocenters. The number of carbonyl (C=O) groups excluding carboxylic acids is 1. The monoisotopic (exact) mass is 448 g/mol. The summed E-state index contributed by atoms with van der Waals surface area (Å²) < 4.78 is 28.0. The second kappa shape index (κ2) is 8.68. The number of fused-ring (bicyclic) bond motifs is 3. The Bertz CT molecular complexity index is 1330. The number of nitrogens with zero attached hydrogens (tertiary/aromatic N) is 2. The largest absolute Gasteiger partial charge is 0.457 e. The molecule has 1 amide bonds. The first-order chi connectivity index (χ1) is 15.7. The molecule has 1 aromatic heterocycles. The Hall–Kier alpha value is -3.29. The minimum atomic E-state index is -0.571. The van der Waals surface area contributed by atoms with Crippen molar-refractivity contribution in [2.24, 2.45) is 4.99 Å². The van der Waals surface area contributed by atoms with E-state index in [0.29, 0.717) is 36.1 Å². The lowest BCUT2D eigenvalue weighted by Gasteiger charge is -2.25. The van der Waals surface area contributed by atoms with Gasteiger partial charge < -0.3 is 14.0 Å². The number of aromatic nitrogens is 1.